The predicted octanol–water partition coefficient (Wildman–Crippen LogP) is 4.71. The third-order valence-corrected chi connectivity index (χ3v) is 4.27. The molecule has 1 aromatic rings. The summed E-state index contributed by atoms with van der Waals surface area (Å²) in [5.41, 5.74) is 0. The van der Waals surface area contributed by atoms with Crippen molar-refractivity contribution in [1.29, 1.82) is 0 Å². The summed E-state index contributed by atoms with van der Waals surface area (Å²) in [6.07, 6.45) is -2.56. The minimum atomic E-state index is -2.56. The second kappa shape index (κ2) is 4.22. The molecule has 12 heavy (non-hydrogen) atoms. The van der Waals surface area contributed by atoms with Crippen LogP contribution in [0.1, 0.15) is 10.3 Å². The Bertz CT molecular complexity index is 257. The highest BCUT2D eigenvalue weighted by Gasteiger charge is 2.22. The quantitative estimate of drug-likeness (QED) is 0.693. The molecule has 0 radical (unpaired) electrons. The van der Waals surface area contributed by atoms with Crippen molar-refractivity contribution >= 4 is 50.5 Å². The van der Waals surface area contributed by atoms with Gasteiger partial charge in [0.2, 0.25) is 0 Å². The normalized spacial score (nSPS) is 13.8. The van der Waals surface area contributed by atoms with Crippen LogP contribution in [0.2, 0.25) is 5.02 Å². The van der Waals surface area contributed by atoms with Crippen LogP contribution in [0.3, 0.4) is 0 Å². The second-order valence-electron chi connectivity index (χ2n) is 2.01. The Morgan fingerprint density at radius 3 is 2.42 bits per heavy atom. The van der Waals surface area contributed by atoms with Gasteiger partial charge in [-0.2, -0.15) is 0 Å². The molecule has 0 saturated heterocycles. The molecular weight excluding hydrogens is 293 g/mol. The van der Waals surface area contributed by atoms with Gasteiger partial charge in [-0.05, 0) is 22.0 Å². The Labute approximate surface area is 90.6 Å². The molecule has 6 heteroatoms. The van der Waals surface area contributed by atoms with E-state index < -0.39 is 11.8 Å². The molecule has 0 aromatic carbocycles. The van der Waals surface area contributed by atoms with E-state index in [4.69, 9.17) is 23.2 Å². The standard InChI is InChI=1S/C6H3BrCl2F2S/c7-5-2(8)1-3(12-5)4(9)6(10)11/h1,4,6H. The lowest BCUT2D eigenvalue weighted by Crippen LogP contribution is -1.98. The SMILES string of the molecule is FC(F)C(Cl)c1cc(Cl)c(Br)s1. The summed E-state index contributed by atoms with van der Waals surface area (Å²) in [5.74, 6) is 0. The first-order valence-corrected chi connectivity index (χ1v) is 5.31. The van der Waals surface area contributed by atoms with Crippen molar-refractivity contribution in [2.45, 2.75) is 11.8 Å². The molecule has 0 spiro atoms. The second-order valence-corrected chi connectivity index (χ2v) is 5.29. The van der Waals surface area contributed by atoms with Crippen LogP contribution in [-0.2, 0) is 0 Å². The Morgan fingerprint density at radius 2 is 2.08 bits per heavy atom. The predicted molar refractivity (Wildman–Crippen MR) is 51.6 cm³/mol. The fraction of sp³-hybridized carbons (Fsp3) is 0.333. The van der Waals surface area contributed by atoms with Crippen LogP contribution in [0.4, 0.5) is 8.78 Å². The summed E-state index contributed by atoms with van der Waals surface area (Å²) in [6.45, 7) is 0. The van der Waals surface area contributed by atoms with Crippen molar-refractivity contribution in [1.82, 2.24) is 0 Å². The molecule has 0 aliphatic rings. The van der Waals surface area contributed by atoms with Crippen molar-refractivity contribution in [3.8, 4) is 0 Å². The minimum absolute atomic E-state index is 0.378. The average molecular weight is 296 g/mol. The van der Waals surface area contributed by atoms with Gasteiger partial charge < -0.3 is 0 Å². The lowest BCUT2D eigenvalue weighted by Gasteiger charge is -2.03. The van der Waals surface area contributed by atoms with E-state index in [9.17, 15) is 8.78 Å². The molecule has 0 N–H and O–H groups in total. The van der Waals surface area contributed by atoms with E-state index in [1.54, 1.807) is 0 Å². The maximum absolute atomic E-state index is 12.1. The van der Waals surface area contributed by atoms with Gasteiger partial charge in [-0.15, -0.1) is 22.9 Å². The summed E-state index contributed by atoms with van der Waals surface area (Å²) in [7, 11) is 0. The van der Waals surface area contributed by atoms with Crippen LogP contribution >= 0.6 is 50.5 Å². The number of alkyl halides is 3. The molecule has 1 rings (SSSR count). The molecule has 1 aromatic heterocycles. The monoisotopic (exact) mass is 294 g/mol. The molecule has 1 atom stereocenters. The molecule has 0 bridgehead atoms. The van der Waals surface area contributed by atoms with E-state index in [0.29, 0.717) is 13.7 Å². The largest absolute Gasteiger partial charge is 0.259 e. The van der Waals surface area contributed by atoms with E-state index in [0.717, 1.165) is 11.3 Å². The van der Waals surface area contributed by atoms with Crippen molar-refractivity contribution in [2.75, 3.05) is 0 Å². The van der Waals surface area contributed by atoms with Crippen molar-refractivity contribution in [2.24, 2.45) is 0 Å². The summed E-state index contributed by atoms with van der Waals surface area (Å²) >= 11 is 15.3. The zero-order valence-corrected chi connectivity index (χ0v) is 9.44. The molecular formula is C6H3BrCl2F2S. The smallest absolute Gasteiger partial charge is 0.208 e. The first-order valence-electron chi connectivity index (χ1n) is 2.89. The van der Waals surface area contributed by atoms with Crippen molar-refractivity contribution in [3.63, 3.8) is 0 Å². The Hall–Kier alpha value is 0.620. The van der Waals surface area contributed by atoms with Crippen LogP contribution in [0.15, 0.2) is 9.85 Å². The van der Waals surface area contributed by atoms with Gasteiger partial charge >= 0.3 is 0 Å². The third-order valence-electron chi connectivity index (χ3n) is 1.16. The molecule has 0 aliphatic heterocycles. The number of halogens is 5. The molecule has 0 amide bonds. The minimum Gasteiger partial charge on any atom is -0.208 e. The van der Waals surface area contributed by atoms with E-state index >= 15 is 0 Å². The Balaban J connectivity index is 2.89. The number of hydrogen-bond acceptors (Lipinski definition) is 1. The molecule has 0 saturated carbocycles. The maximum atomic E-state index is 12.1. The van der Waals surface area contributed by atoms with Gasteiger partial charge in [0.05, 0.1) is 8.81 Å². The molecule has 1 heterocycles. The lowest BCUT2D eigenvalue weighted by molar-refractivity contribution is 0.144. The van der Waals surface area contributed by atoms with Gasteiger partial charge in [-0.3, -0.25) is 0 Å². The molecule has 0 fully saturated rings. The topological polar surface area (TPSA) is 0 Å². The highest BCUT2D eigenvalue weighted by Crippen LogP contribution is 2.39. The van der Waals surface area contributed by atoms with E-state index in [2.05, 4.69) is 15.9 Å². The first kappa shape index (κ1) is 10.7. The van der Waals surface area contributed by atoms with Gasteiger partial charge in [0.15, 0.2) is 0 Å². The third kappa shape index (κ3) is 2.31. The fourth-order valence-corrected chi connectivity index (χ4v) is 2.55. The van der Waals surface area contributed by atoms with E-state index in [1.807, 2.05) is 0 Å². The van der Waals surface area contributed by atoms with Crippen LogP contribution in [0, 0.1) is 0 Å². The lowest BCUT2D eigenvalue weighted by atomic mass is 10.3. The zero-order valence-electron chi connectivity index (χ0n) is 5.53. The summed E-state index contributed by atoms with van der Waals surface area (Å²) in [5, 5.41) is -0.847. The highest BCUT2D eigenvalue weighted by atomic mass is 79.9. The van der Waals surface area contributed by atoms with Crippen molar-refractivity contribution < 1.29 is 8.78 Å². The molecule has 68 valence electrons. The molecule has 0 aliphatic carbocycles. The van der Waals surface area contributed by atoms with Crippen LogP contribution in [0.25, 0.3) is 0 Å². The van der Waals surface area contributed by atoms with E-state index in [-0.39, 0.29) is 0 Å². The molecule has 0 nitrogen and oxygen atoms in total. The maximum Gasteiger partial charge on any atom is 0.259 e. The van der Waals surface area contributed by atoms with Gasteiger partial charge in [0, 0.05) is 4.88 Å². The van der Waals surface area contributed by atoms with E-state index in [1.165, 1.54) is 6.07 Å². The van der Waals surface area contributed by atoms with Crippen LogP contribution < -0.4 is 0 Å². The number of hydrogen-bond donors (Lipinski definition) is 0. The van der Waals surface area contributed by atoms with Crippen molar-refractivity contribution in [3.05, 3.63) is 19.8 Å². The average Bonchev–Trinajstić information content (AvgIpc) is 2.30. The van der Waals surface area contributed by atoms with Crippen LogP contribution in [0.5, 0.6) is 0 Å². The number of thiophene rings is 1. The van der Waals surface area contributed by atoms with Gasteiger partial charge in [0.25, 0.3) is 6.43 Å². The van der Waals surface area contributed by atoms with Crippen LogP contribution in [-0.4, -0.2) is 6.43 Å². The van der Waals surface area contributed by atoms with Gasteiger partial charge in [-0.1, -0.05) is 11.6 Å². The first-order chi connectivity index (χ1) is 5.52. The molecule has 1 unspecified atom stereocenters. The van der Waals surface area contributed by atoms with Gasteiger partial charge in [-0.25, -0.2) is 8.78 Å². The van der Waals surface area contributed by atoms with Gasteiger partial charge in [0.1, 0.15) is 5.38 Å². The Morgan fingerprint density at radius 1 is 1.50 bits per heavy atom. The number of rotatable bonds is 2. The Kier molecular flexibility index (Phi) is 3.76. The highest BCUT2D eigenvalue weighted by molar-refractivity contribution is 9.11. The summed E-state index contributed by atoms with van der Waals surface area (Å²) < 4.78 is 24.8. The summed E-state index contributed by atoms with van der Waals surface area (Å²) in [4.78, 5) is 0.378. The summed E-state index contributed by atoms with van der Waals surface area (Å²) in [6, 6.07) is 1.44. The zero-order chi connectivity index (χ0) is 9.30. The fourth-order valence-electron chi connectivity index (χ4n) is 0.623.